The van der Waals surface area contributed by atoms with Crippen molar-refractivity contribution < 1.29 is 9.47 Å². The van der Waals surface area contributed by atoms with Crippen LogP contribution in [0.3, 0.4) is 0 Å². The average molecular weight is 384 g/mol. The Morgan fingerprint density at radius 1 is 1.33 bits per heavy atom. The van der Waals surface area contributed by atoms with Crippen LogP contribution in [0, 0.1) is 9.49 Å². The maximum absolute atomic E-state index is 5.87. The quantitative estimate of drug-likeness (QED) is 0.813. The Morgan fingerprint density at radius 3 is 2.67 bits per heavy atom. The molecule has 1 aromatic rings. The lowest BCUT2D eigenvalue weighted by Crippen LogP contribution is -2.21. The molecule has 0 bridgehead atoms. The topological polar surface area (TPSA) is 44.5 Å². The second kappa shape index (κ2) is 8.19. The molecular formula is C13H19ClINO2. The average Bonchev–Trinajstić information content (AvgIpc) is 2.38. The Hall–Kier alpha value is -0.0400. The zero-order valence-corrected chi connectivity index (χ0v) is 13.2. The molecule has 0 amide bonds. The minimum absolute atomic E-state index is 0. The molecule has 0 spiro atoms. The third kappa shape index (κ3) is 4.57. The summed E-state index contributed by atoms with van der Waals surface area (Å²) < 4.78 is 12.3. The van der Waals surface area contributed by atoms with Gasteiger partial charge in [-0.2, -0.15) is 0 Å². The lowest BCUT2D eigenvalue weighted by molar-refractivity contribution is 0.0496. The van der Waals surface area contributed by atoms with Gasteiger partial charge in [-0.05, 0) is 59.0 Å². The Labute approximate surface area is 128 Å². The SMILES string of the molecule is Cl.NCc1ccc(OCC2CCOCC2)c(I)c1. The molecule has 0 unspecified atom stereocenters. The van der Waals surface area contributed by atoms with E-state index < -0.39 is 0 Å². The van der Waals surface area contributed by atoms with Crippen molar-refractivity contribution in [3.8, 4) is 5.75 Å². The lowest BCUT2D eigenvalue weighted by atomic mass is 10.0. The molecule has 2 rings (SSSR count). The summed E-state index contributed by atoms with van der Waals surface area (Å²) in [4.78, 5) is 0. The summed E-state index contributed by atoms with van der Waals surface area (Å²) in [6.45, 7) is 3.12. The van der Waals surface area contributed by atoms with Gasteiger partial charge >= 0.3 is 0 Å². The third-order valence-electron chi connectivity index (χ3n) is 3.05. The van der Waals surface area contributed by atoms with E-state index in [1.54, 1.807) is 0 Å². The van der Waals surface area contributed by atoms with Crippen LogP contribution in [0.5, 0.6) is 5.75 Å². The van der Waals surface area contributed by atoms with Gasteiger partial charge in [-0.3, -0.25) is 0 Å². The molecule has 0 saturated carbocycles. The number of nitrogens with two attached hydrogens (primary N) is 1. The van der Waals surface area contributed by atoms with E-state index in [1.165, 1.54) is 0 Å². The zero-order chi connectivity index (χ0) is 12.1. The summed E-state index contributed by atoms with van der Waals surface area (Å²) in [6, 6.07) is 6.13. The number of benzene rings is 1. The van der Waals surface area contributed by atoms with Gasteiger partial charge in [0, 0.05) is 19.8 Å². The first-order valence-corrected chi connectivity index (χ1v) is 7.06. The van der Waals surface area contributed by atoms with Crippen molar-refractivity contribution in [3.63, 3.8) is 0 Å². The standard InChI is InChI=1S/C13H18INO2.ClH/c14-12-7-11(8-15)1-2-13(12)17-9-10-3-5-16-6-4-10;/h1-2,7,10H,3-6,8-9,15H2;1H. The molecule has 1 aromatic carbocycles. The molecule has 2 N–H and O–H groups in total. The normalized spacial score (nSPS) is 16.1. The Balaban J connectivity index is 0.00000162. The van der Waals surface area contributed by atoms with Crippen LogP contribution in [0.15, 0.2) is 18.2 Å². The minimum Gasteiger partial charge on any atom is -0.492 e. The minimum atomic E-state index is 0. The van der Waals surface area contributed by atoms with Crippen molar-refractivity contribution in [3.05, 3.63) is 27.3 Å². The molecular weight excluding hydrogens is 365 g/mol. The zero-order valence-electron chi connectivity index (χ0n) is 10.2. The van der Waals surface area contributed by atoms with Gasteiger partial charge in [0.25, 0.3) is 0 Å². The van der Waals surface area contributed by atoms with Crippen LogP contribution in [0.2, 0.25) is 0 Å². The summed E-state index contributed by atoms with van der Waals surface area (Å²) >= 11 is 2.30. The van der Waals surface area contributed by atoms with Crippen molar-refractivity contribution >= 4 is 35.0 Å². The molecule has 0 aliphatic carbocycles. The van der Waals surface area contributed by atoms with Crippen molar-refractivity contribution in [1.29, 1.82) is 0 Å². The van der Waals surface area contributed by atoms with Crippen LogP contribution in [-0.4, -0.2) is 19.8 Å². The summed E-state index contributed by atoms with van der Waals surface area (Å²) in [5.41, 5.74) is 6.75. The second-order valence-corrected chi connectivity index (χ2v) is 5.50. The monoisotopic (exact) mass is 383 g/mol. The predicted octanol–water partition coefficient (Wildman–Crippen LogP) is 2.98. The maximum atomic E-state index is 5.87. The smallest absolute Gasteiger partial charge is 0.132 e. The molecule has 1 heterocycles. The molecule has 1 aliphatic heterocycles. The first kappa shape index (κ1) is 16.0. The molecule has 5 heteroatoms. The molecule has 102 valence electrons. The van der Waals surface area contributed by atoms with E-state index in [0.717, 1.165) is 47.5 Å². The van der Waals surface area contributed by atoms with Crippen LogP contribution in [0.25, 0.3) is 0 Å². The van der Waals surface area contributed by atoms with E-state index in [0.29, 0.717) is 12.5 Å². The Kier molecular flexibility index (Phi) is 7.29. The fourth-order valence-corrected chi connectivity index (χ4v) is 2.64. The van der Waals surface area contributed by atoms with Gasteiger partial charge in [0.1, 0.15) is 5.75 Å². The molecule has 1 fully saturated rings. The van der Waals surface area contributed by atoms with Gasteiger partial charge in [0.15, 0.2) is 0 Å². The van der Waals surface area contributed by atoms with Gasteiger partial charge in [0.05, 0.1) is 10.2 Å². The fraction of sp³-hybridized carbons (Fsp3) is 0.538. The van der Waals surface area contributed by atoms with E-state index in [4.69, 9.17) is 15.2 Å². The number of hydrogen-bond acceptors (Lipinski definition) is 3. The van der Waals surface area contributed by atoms with Gasteiger partial charge in [-0.25, -0.2) is 0 Å². The molecule has 0 atom stereocenters. The number of halogens is 2. The molecule has 3 nitrogen and oxygen atoms in total. The van der Waals surface area contributed by atoms with E-state index in [1.807, 2.05) is 12.1 Å². The van der Waals surface area contributed by atoms with Crippen molar-refractivity contribution in [1.82, 2.24) is 0 Å². The van der Waals surface area contributed by atoms with E-state index in [-0.39, 0.29) is 12.4 Å². The van der Waals surface area contributed by atoms with E-state index in [2.05, 4.69) is 28.7 Å². The third-order valence-corrected chi connectivity index (χ3v) is 3.89. The highest BCUT2D eigenvalue weighted by atomic mass is 127. The van der Waals surface area contributed by atoms with Gasteiger partial charge in [0.2, 0.25) is 0 Å². The van der Waals surface area contributed by atoms with Crippen molar-refractivity contribution in [2.45, 2.75) is 19.4 Å². The van der Waals surface area contributed by atoms with Gasteiger partial charge in [-0.1, -0.05) is 6.07 Å². The predicted molar refractivity (Wildman–Crippen MR) is 83.3 cm³/mol. The number of hydrogen-bond donors (Lipinski definition) is 1. The number of rotatable bonds is 4. The van der Waals surface area contributed by atoms with Crippen LogP contribution in [0.1, 0.15) is 18.4 Å². The van der Waals surface area contributed by atoms with Crippen molar-refractivity contribution in [2.24, 2.45) is 11.7 Å². The van der Waals surface area contributed by atoms with Gasteiger partial charge in [-0.15, -0.1) is 12.4 Å². The van der Waals surface area contributed by atoms with Crippen LogP contribution >= 0.6 is 35.0 Å². The van der Waals surface area contributed by atoms with Crippen LogP contribution in [0.4, 0.5) is 0 Å². The first-order chi connectivity index (χ1) is 8.29. The van der Waals surface area contributed by atoms with Crippen LogP contribution in [-0.2, 0) is 11.3 Å². The summed E-state index contributed by atoms with van der Waals surface area (Å²) in [7, 11) is 0. The highest BCUT2D eigenvalue weighted by molar-refractivity contribution is 14.1. The summed E-state index contributed by atoms with van der Waals surface area (Å²) in [5.74, 6) is 1.60. The highest BCUT2D eigenvalue weighted by Gasteiger charge is 2.14. The molecule has 1 saturated heterocycles. The highest BCUT2D eigenvalue weighted by Crippen LogP contribution is 2.24. The van der Waals surface area contributed by atoms with Gasteiger partial charge < -0.3 is 15.2 Å². The molecule has 18 heavy (non-hydrogen) atoms. The van der Waals surface area contributed by atoms with Crippen molar-refractivity contribution in [2.75, 3.05) is 19.8 Å². The molecule has 0 aromatic heterocycles. The fourth-order valence-electron chi connectivity index (χ4n) is 1.91. The molecule has 0 radical (unpaired) electrons. The largest absolute Gasteiger partial charge is 0.492 e. The second-order valence-electron chi connectivity index (χ2n) is 4.34. The maximum Gasteiger partial charge on any atom is 0.132 e. The van der Waals surface area contributed by atoms with E-state index in [9.17, 15) is 0 Å². The summed E-state index contributed by atoms with van der Waals surface area (Å²) in [6.07, 6.45) is 2.22. The van der Waals surface area contributed by atoms with Crippen LogP contribution < -0.4 is 10.5 Å². The number of ether oxygens (including phenoxy) is 2. The molecule has 1 aliphatic rings. The first-order valence-electron chi connectivity index (χ1n) is 5.98. The Bertz CT molecular complexity index is 370. The Morgan fingerprint density at radius 2 is 2.06 bits per heavy atom. The lowest BCUT2D eigenvalue weighted by Gasteiger charge is -2.22. The summed E-state index contributed by atoms with van der Waals surface area (Å²) in [5, 5.41) is 0. The van der Waals surface area contributed by atoms with E-state index >= 15 is 0 Å².